The fourth-order valence-electron chi connectivity index (χ4n) is 0.784. The van der Waals surface area contributed by atoms with Gasteiger partial charge in [-0.15, -0.1) is 13.2 Å². The molecule has 0 spiro atoms. The van der Waals surface area contributed by atoms with Crippen molar-refractivity contribution in [2.24, 2.45) is 0 Å². The molecule has 104 valence electrons. The number of aromatic hydroxyl groups is 1. The third-order valence-electron chi connectivity index (χ3n) is 1.44. The number of rotatable bonds is 3. The lowest BCUT2D eigenvalue weighted by Gasteiger charge is -1.95. The van der Waals surface area contributed by atoms with Crippen LogP contribution in [0.1, 0.15) is 16.8 Å². The van der Waals surface area contributed by atoms with Gasteiger partial charge >= 0.3 is 17.9 Å². The topological polar surface area (TPSA) is 132 Å². The summed E-state index contributed by atoms with van der Waals surface area (Å²) in [6, 6.07) is 5.81. The molecule has 0 aliphatic heterocycles. The van der Waals surface area contributed by atoms with E-state index < -0.39 is 24.3 Å². The van der Waals surface area contributed by atoms with E-state index in [1.165, 1.54) is 12.1 Å². The molecule has 0 fully saturated rings. The molecule has 0 unspecified atom stereocenters. The summed E-state index contributed by atoms with van der Waals surface area (Å²) in [5.41, 5.74) is -0.0671. The molecular formula is C12H14O7. The van der Waals surface area contributed by atoms with Gasteiger partial charge in [-0.25, -0.2) is 4.79 Å². The summed E-state index contributed by atoms with van der Waals surface area (Å²) >= 11 is 0. The van der Waals surface area contributed by atoms with Crippen molar-refractivity contribution >= 4 is 17.9 Å². The van der Waals surface area contributed by atoms with Gasteiger partial charge in [-0.1, -0.05) is 12.1 Å². The van der Waals surface area contributed by atoms with Crippen LogP contribution in [0.2, 0.25) is 0 Å². The summed E-state index contributed by atoms with van der Waals surface area (Å²) in [5.74, 6) is -3.94. The number of phenols is 1. The Morgan fingerprint density at radius 2 is 1.37 bits per heavy atom. The maximum absolute atomic E-state index is 10.3. The lowest BCUT2D eigenvalue weighted by atomic mass is 10.2. The van der Waals surface area contributed by atoms with Crippen molar-refractivity contribution in [1.29, 1.82) is 0 Å². The highest BCUT2D eigenvalue weighted by Crippen LogP contribution is 2.14. The number of para-hydroxylation sites is 1. The van der Waals surface area contributed by atoms with E-state index in [-0.39, 0.29) is 11.3 Å². The van der Waals surface area contributed by atoms with E-state index in [4.69, 9.17) is 20.4 Å². The molecule has 0 aromatic heterocycles. The quantitative estimate of drug-likeness (QED) is 0.482. The van der Waals surface area contributed by atoms with Crippen LogP contribution in [-0.4, -0.2) is 38.3 Å². The maximum atomic E-state index is 10.3. The minimum atomic E-state index is -1.31. The summed E-state index contributed by atoms with van der Waals surface area (Å²) in [5, 5.41) is 32.7. The van der Waals surface area contributed by atoms with Crippen LogP contribution in [0, 0.1) is 0 Å². The largest absolute Gasteiger partial charge is 0.507 e. The van der Waals surface area contributed by atoms with Crippen LogP contribution in [0.4, 0.5) is 0 Å². The summed E-state index contributed by atoms with van der Waals surface area (Å²) in [7, 11) is 0. The lowest BCUT2D eigenvalue weighted by molar-refractivity contribution is -0.147. The Bertz CT molecular complexity index is 427. The van der Waals surface area contributed by atoms with Gasteiger partial charge in [0.05, 0.1) is 0 Å². The molecule has 7 nitrogen and oxygen atoms in total. The van der Waals surface area contributed by atoms with Gasteiger partial charge in [0.1, 0.15) is 17.7 Å². The van der Waals surface area contributed by atoms with Gasteiger partial charge < -0.3 is 20.4 Å². The van der Waals surface area contributed by atoms with Crippen molar-refractivity contribution in [3.8, 4) is 5.75 Å². The number of hydrogen-bond donors (Lipinski definition) is 4. The molecule has 1 aromatic rings. The van der Waals surface area contributed by atoms with Crippen LogP contribution in [0.3, 0.4) is 0 Å². The number of carboxylic acids is 3. The van der Waals surface area contributed by atoms with Crippen molar-refractivity contribution in [3.05, 3.63) is 43.0 Å². The van der Waals surface area contributed by atoms with E-state index in [0.29, 0.717) is 0 Å². The first-order valence-electron chi connectivity index (χ1n) is 4.79. The second-order valence-electron chi connectivity index (χ2n) is 2.79. The first kappa shape index (κ1) is 18.5. The van der Waals surface area contributed by atoms with Crippen LogP contribution in [0.5, 0.6) is 5.75 Å². The fourth-order valence-corrected chi connectivity index (χ4v) is 0.784. The molecule has 0 saturated heterocycles. The molecule has 0 heterocycles. The Kier molecular flexibility index (Phi) is 10.1. The van der Waals surface area contributed by atoms with Crippen molar-refractivity contribution in [3.63, 3.8) is 0 Å². The molecule has 19 heavy (non-hydrogen) atoms. The zero-order valence-corrected chi connectivity index (χ0v) is 9.94. The monoisotopic (exact) mass is 270 g/mol. The lowest BCUT2D eigenvalue weighted by Crippen LogP contribution is -2.03. The van der Waals surface area contributed by atoms with Crippen LogP contribution in [-0.2, 0) is 9.59 Å². The minimum Gasteiger partial charge on any atom is -0.507 e. The SMILES string of the molecule is C=C.O=C(O)CC(=O)O.O=C(O)c1ccccc1O. The molecule has 1 rings (SSSR count). The average molecular weight is 270 g/mol. The van der Waals surface area contributed by atoms with E-state index >= 15 is 0 Å². The van der Waals surface area contributed by atoms with Crippen molar-refractivity contribution in [2.45, 2.75) is 6.42 Å². The van der Waals surface area contributed by atoms with Gasteiger partial charge in [-0.3, -0.25) is 9.59 Å². The van der Waals surface area contributed by atoms with Crippen molar-refractivity contribution in [1.82, 2.24) is 0 Å². The predicted octanol–water partition coefficient (Wildman–Crippen LogP) is 1.44. The molecular weight excluding hydrogens is 256 g/mol. The summed E-state index contributed by atoms with van der Waals surface area (Å²) in [6.07, 6.45) is -0.806. The zero-order valence-electron chi connectivity index (χ0n) is 9.94. The molecule has 7 heteroatoms. The highest BCUT2D eigenvalue weighted by molar-refractivity contribution is 5.90. The van der Waals surface area contributed by atoms with Gasteiger partial charge in [0, 0.05) is 0 Å². The average Bonchev–Trinajstić information content (AvgIpc) is 2.30. The van der Waals surface area contributed by atoms with E-state index in [1.807, 2.05) is 0 Å². The number of carboxylic acid groups (broad SMARTS) is 3. The Balaban J connectivity index is 0. The van der Waals surface area contributed by atoms with Gasteiger partial charge in [0.2, 0.25) is 0 Å². The highest BCUT2D eigenvalue weighted by Gasteiger charge is 2.05. The Labute approximate surface area is 109 Å². The maximum Gasteiger partial charge on any atom is 0.339 e. The van der Waals surface area contributed by atoms with E-state index in [0.717, 1.165) is 0 Å². The number of benzene rings is 1. The number of aliphatic carboxylic acids is 2. The first-order chi connectivity index (χ1) is 8.84. The minimum absolute atomic E-state index is 0.0671. The van der Waals surface area contributed by atoms with Gasteiger partial charge in [-0.05, 0) is 12.1 Å². The molecule has 0 atom stereocenters. The van der Waals surface area contributed by atoms with Crippen LogP contribution in [0.15, 0.2) is 37.4 Å². The third-order valence-corrected chi connectivity index (χ3v) is 1.44. The molecule has 0 aliphatic rings. The number of carbonyl (C=O) groups is 3. The Hall–Kier alpha value is -2.83. The second-order valence-corrected chi connectivity index (χ2v) is 2.79. The van der Waals surface area contributed by atoms with E-state index in [1.54, 1.807) is 12.1 Å². The molecule has 0 radical (unpaired) electrons. The zero-order chi connectivity index (χ0) is 15.4. The van der Waals surface area contributed by atoms with E-state index in [9.17, 15) is 14.4 Å². The number of hydrogen-bond acceptors (Lipinski definition) is 4. The standard InChI is InChI=1S/C7H6O3.C3H4O4.C2H4/c8-6-4-2-1-3-5(6)7(9)10;4-2(5)1-3(6)7;1-2/h1-4,8H,(H,9,10);1H2,(H,4,5)(H,6,7);1-2H2. The smallest absolute Gasteiger partial charge is 0.339 e. The van der Waals surface area contributed by atoms with Gasteiger partial charge in [0.15, 0.2) is 0 Å². The molecule has 0 saturated carbocycles. The Morgan fingerprint density at radius 3 is 1.58 bits per heavy atom. The molecule has 1 aromatic carbocycles. The Morgan fingerprint density at radius 1 is 0.947 bits per heavy atom. The summed E-state index contributed by atoms with van der Waals surface area (Å²) in [6.45, 7) is 6.00. The molecule has 4 N–H and O–H groups in total. The van der Waals surface area contributed by atoms with Crippen molar-refractivity contribution < 1.29 is 34.8 Å². The third kappa shape index (κ3) is 10.1. The van der Waals surface area contributed by atoms with Crippen molar-refractivity contribution in [2.75, 3.05) is 0 Å². The van der Waals surface area contributed by atoms with Crippen LogP contribution in [0.25, 0.3) is 0 Å². The molecule has 0 amide bonds. The van der Waals surface area contributed by atoms with Crippen LogP contribution < -0.4 is 0 Å². The van der Waals surface area contributed by atoms with Gasteiger partial charge in [0.25, 0.3) is 0 Å². The van der Waals surface area contributed by atoms with Gasteiger partial charge in [-0.2, -0.15) is 0 Å². The van der Waals surface area contributed by atoms with Crippen LogP contribution >= 0.6 is 0 Å². The highest BCUT2D eigenvalue weighted by atomic mass is 16.4. The number of aromatic carboxylic acids is 1. The van der Waals surface area contributed by atoms with E-state index in [2.05, 4.69) is 13.2 Å². The summed E-state index contributed by atoms with van der Waals surface area (Å²) in [4.78, 5) is 29.1. The predicted molar refractivity (Wildman–Crippen MR) is 66.2 cm³/mol. The molecule has 0 bridgehead atoms. The second kappa shape index (κ2) is 10.3. The summed E-state index contributed by atoms with van der Waals surface area (Å²) < 4.78 is 0. The first-order valence-corrected chi connectivity index (χ1v) is 4.79. The fraction of sp³-hybridized carbons (Fsp3) is 0.0833. The normalized spacial score (nSPS) is 8.00. The molecule has 0 aliphatic carbocycles.